The molecule has 0 unspecified atom stereocenters. The van der Waals surface area contributed by atoms with Crippen molar-refractivity contribution < 1.29 is 9.53 Å². The molecular weight excluding hydrogens is 226 g/mol. The molecular formula is C15H21NO2. The molecule has 2 rings (SSSR count). The topological polar surface area (TPSA) is 38.3 Å². The number of carbonyl (C=O) groups excluding carboxylic acids is 1. The molecule has 98 valence electrons. The van der Waals surface area contributed by atoms with Crippen LogP contribution >= 0.6 is 0 Å². The van der Waals surface area contributed by atoms with E-state index in [-0.39, 0.29) is 5.97 Å². The zero-order valence-electron chi connectivity index (χ0n) is 11.1. The predicted octanol–water partition coefficient (Wildman–Crippen LogP) is 2.92. The van der Waals surface area contributed by atoms with Gasteiger partial charge in [0.1, 0.15) is 0 Å². The molecule has 2 atom stereocenters. The molecule has 3 heteroatoms. The summed E-state index contributed by atoms with van der Waals surface area (Å²) < 4.78 is 4.70. The molecule has 0 aliphatic carbocycles. The number of ether oxygens (including phenoxy) is 1. The molecule has 1 aliphatic heterocycles. The fourth-order valence-electron chi connectivity index (χ4n) is 2.59. The maximum atomic E-state index is 11.4. The Hall–Kier alpha value is -1.35. The molecule has 1 N–H and O–H groups in total. The van der Waals surface area contributed by atoms with Gasteiger partial charge in [-0.2, -0.15) is 0 Å². The fraction of sp³-hybridized carbons (Fsp3) is 0.533. The van der Waals surface area contributed by atoms with Gasteiger partial charge >= 0.3 is 5.97 Å². The standard InChI is InChI=1S/C15H21NO2/c1-3-11-8-9-16-14(10-11)12-4-6-13(7-5-12)15(17)18-2/h4-7,11,14,16H,3,8-10H2,1-2H3/t11-,14+/m0/s1. The minimum Gasteiger partial charge on any atom is -0.465 e. The average molecular weight is 247 g/mol. The summed E-state index contributed by atoms with van der Waals surface area (Å²) in [6, 6.07) is 8.18. The van der Waals surface area contributed by atoms with E-state index in [1.165, 1.54) is 31.9 Å². The molecule has 0 radical (unpaired) electrons. The van der Waals surface area contributed by atoms with Crippen molar-refractivity contribution >= 4 is 5.97 Å². The molecule has 0 spiro atoms. The Balaban J connectivity index is 2.07. The second kappa shape index (κ2) is 6.01. The largest absolute Gasteiger partial charge is 0.465 e. The van der Waals surface area contributed by atoms with Gasteiger partial charge in [-0.15, -0.1) is 0 Å². The molecule has 1 aliphatic rings. The summed E-state index contributed by atoms with van der Waals surface area (Å²) in [4.78, 5) is 11.4. The van der Waals surface area contributed by atoms with Crippen molar-refractivity contribution in [3.05, 3.63) is 35.4 Å². The number of benzene rings is 1. The highest BCUT2D eigenvalue weighted by atomic mass is 16.5. The van der Waals surface area contributed by atoms with E-state index in [0.717, 1.165) is 12.5 Å². The maximum absolute atomic E-state index is 11.4. The molecule has 1 aromatic rings. The molecule has 1 saturated heterocycles. The molecule has 1 fully saturated rings. The van der Waals surface area contributed by atoms with Gasteiger partial charge in [0.25, 0.3) is 0 Å². The molecule has 1 heterocycles. The lowest BCUT2D eigenvalue weighted by atomic mass is 9.87. The van der Waals surface area contributed by atoms with Crippen LogP contribution in [0.1, 0.15) is 48.1 Å². The first-order chi connectivity index (χ1) is 8.74. The maximum Gasteiger partial charge on any atom is 0.337 e. The van der Waals surface area contributed by atoms with Crippen LogP contribution in [0.15, 0.2) is 24.3 Å². The molecule has 1 aromatic carbocycles. The third-order valence-electron chi connectivity index (χ3n) is 3.82. The lowest BCUT2D eigenvalue weighted by Gasteiger charge is -2.30. The van der Waals surface area contributed by atoms with Crippen molar-refractivity contribution in [2.45, 2.75) is 32.2 Å². The summed E-state index contributed by atoms with van der Waals surface area (Å²) in [6.07, 6.45) is 3.71. The molecule has 0 saturated carbocycles. The minimum absolute atomic E-state index is 0.274. The molecule has 0 bridgehead atoms. The van der Waals surface area contributed by atoms with Crippen molar-refractivity contribution in [1.82, 2.24) is 5.32 Å². The third-order valence-corrected chi connectivity index (χ3v) is 3.82. The first-order valence-electron chi connectivity index (χ1n) is 6.66. The van der Waals surface area contributed by atoms with Gasteiger partial charge in [0.15, 0.2) is 0 Å². The van der Waals surface area contributed by atoms with E-state index in [4.69, 9.17) is 4.74 Å². The van der Waals surface area contributed by atoms with Gasteiger partial charge in [-0.05, 0) is 43.0 Å². The van der Waals surface area contributed by atoms with Crippen molar-refractivity contribution in [2.75, 3.05) is 13.7 Å². The summed E-state index contributed by atoms with van der Waals surface area (Å²) >= 11 is 0. The lowest BCUT2D eigenvalue weighted by molar-refractivity contribution is 0.0600. The highest BCUT2D eigenvalue weighted by Gasteiger charge is 2.21. The number of nitrogens with one attached hydrogen (secondary N) is 1. The summed E-state index contributed by atoms with van der Waals surface area (Å²) in [5.74, 6) is 0.543. The molecule has 0 amide bonds. The zero-order valence-corrected chi connectivity index (χ0v) is 11.1. The summed E-state index contributed by atoms with van der Waals surface area (Å²) in [6.45, 7) is 3.34. The van der Waals surface area contributed by atoms with Crippen molar-refractivity contribution in [2.24, 2.45) is 5.92 Å². The number of hydrogen-bond donors (Lipinski definition) is 1. The number of hydrogen-bond acceptors (Lipinski definition) is 3. The molecule has 3 nitrogen and oxygen atoms in total. The number of carbonyl (C=O) groups is 1. The SMILES string of the molecule is CC[C@H]1CCN[C@@H](c2ccc(C(=O)OC)cc2)C1. The predicted molar refractivity (Wildman–Crippen MR) is 71.5 cm³/mol. The van der Waals surface area contributed by atoms with Crippen LogP contribution in [0.5, 0.6) is 0 Å². The quantitative estimate of drug-likeness (QED) is 0.835. The van der Waals surface area contributed by atoms with E-state index in [1.54, 1.807) is 0 Å². The second-order valence-electron chi connectivity index (χ2n) is 4.92. The Morgan fingerprint density at radius 3 is 2.72 bits per heavy atom. The van der Waals surface area contributed by atoms with Gasteiger partial charge in [-0.3, -0.25) is 0 Å². The molecule has 18 heavy (non-hydrogen) atoms. The smallest absolute Gasteiger partial charge is 0.337 e. The van der Waals surface area contributed by atoms with E-state index >= 15 is 0 Å². The lowest BCUT2D eigenvalue weighted by Crippen LogP contribution is -2.31. The Morgan fingerprint density at radius 1 is 1.39 bits per heavy atom. The van der Waals surface area contributed by atoms with Gasteiger partial charge in [-0.1, -0.05) is 25.5 Å². The summed E-state index contributed by atoms with van der Waals surface area (Å²) in [5.41, 5.74) is 1.88. The number of rotatable bonds is 3. The zero-order chi connectivity index (χ0) is 13.0. The Labute approximate surface area is 109 Å². The van der Waals surface area contributed by atoms with Gasteiger partial charge in [0.2, 0.25) is 0 Å². The van der Waals surface area contributed by atoms with Crippen molar-refractivity contribution in [3.8, 4) is 0 Å². The van der Waals surface area contributed by atoms with Crippen LogP contribution < -0.4 is 5.32 Å². The first kappa shape index (κ1) is 13.1. The van der Waals surface area contributed by atoms with Gasteiger partial charge in [0.05, 0.1) is 12.7 Å². The van der Waals surface area contributed by atoms with E-state index in [1.807, 2.05) is 24.3 Å². The van der Waals surface area contributed by atoms with Crippen LogP contribution in [0.3, 0.4) is 0 Å². The Kier molecular flexibility index (Phi) is 4.37. The summed E-state index contributed by atoms with van der Waals surface area (Å²) in [5, 5.41) is 3.55. The average Bonchev–Trinajstić information content (AvgIpc) is 2.46. The van der Waals surface area contributed by atoms with Gasteiger partial charge < -0.3 is 10.1 Å². The number of esters is 1. The number of piperidine rings is 1. The number of methoxy groups -OCH3 is 1. The van der Waals surface area contributed by atoms with Crippen LogP contribution in [0.25, 0.3) is 0 Å². The van der Waals surface area contributed by atoms with Gasteiger partial charge in [-0.25, -0.2) is 4.79 Å². The van der Waals surface area contributed by atoms with Gasteiger partial charge in [0, 0.05) is 6.04 Å². The normalized spacial score (nSPS) is 23.7. The van der Waals surface area contributed by atoms with E-state index < -0.39 is 0 Å². The highest BCUT2D eigenvalue weighted by molar-refractivity contribution is 5.89. The summed E-state index contributed by atoms with van der Waals surface area (Å²) in [7, 11) is 1.41. The van der Waals surface area contributed by atoms with Crippen LogP contribution in [0.4, 0.5) is 0 Å². The van der Waals surface area contributed by atoms with E-state index in [2.05, 4.69) is 12.2 Å². The van der Waals surface area contributed by atoms with Crippen LogP contribution in [0, 0.1) is 5.92 Å². The second-order valence-corrected chi connectivity index (χ2v) is 4.92. The monoisotopic (exact) mass is 247 g/mol. The fourth-order valence-corrected chi connectivity index (χ4v) is 2.59. The minimum atomic E-state index is -0.274. The van der Waals surface area contributed by atoms with E-state index in [0.29, 0.717) is 11.6 Å². The van der Waals surface area contributed by atoms with Crippen LogP contribution in [0.2, 0.25) is 0 Å². The highest BCUT2D eigenvalue weighted by Crippen LogP contribution is 2.29. The third kappa shape index (κ3) is 2.91. The Morgan fingerprint density at radius 2 is 2.11 bits per heavy atom. The van der Waals surface area contributed by atoms with Crippen LogP contribution in [-0.4, -0.2) is 19.6 Å². The Bertz CT molecular complexity index is 399. The van der Waals surface area contributed by atoms with Crippen molar-refractivity contribution in [3.63, 3.8) is 0 Å². The van der Waals surface area contributed by atoms with Crippen LogP contribution in [-0.2, 0) is 4.74 Å². The van der Waals surface area contributed by atoms with Crippen molar-refractivity contribution in [1.29, 1.82) is 0 Å². The van der Waals surface area contributed by atoms with E-state index in [9.17, 15) is 4.79 Å². The molecule has 0 aromatic heterocycles. The first-order valence-corrected chi connectivity index (χ1v) is 6.66.